The number of methoxy groups -OCH3 is 1. The van der Waals surface area contributed by atoms with Gasteiger partial charge in [0.25, 0.3) is 0 Å². The van der Waals surface area contributed by atoms with Crippen LogP contribution in [0, 0.1) is 5.82 Å². The van der Waals surface area contributed by atoms with Crippen LogP contribution >= 0.6 is 0 Å². The number of hydrogen-bond acceptors (Lipinski definition) is 3. The van der Waals surface area contributed by atoms with E-state index in [0.29, 0.717) is 11.3 Å². The summed E-state index contributed by atoms with van der Waals surface area (Å²) >= 11 is 0. The highest BCUT2D eigenvalue weighted by Crippen LogP contribution is 2.32. The number of para-hydroxylation sites is 1. The van der Waals surface area contributed by atoms with Crippen molar-refractivity contribution in [2.45, 2.75) is 6.04 Å². The molecule has 0 aliphatic carbocycles. The molecule has 0 amide bonds. The number of ether oxygens (including phenoxy) is 1. The van der Waals surface area contributed by atoms with Crippen molar-refractivity contribution in [3.8, 4) is 5.75 Å². The summed E-state index contributed by atoms with van der Waals surface area (Å²) in [7, 11) is 3.23. The molecule has 1 N–H and O–H groups in total. The largest absolute Gasteiger partial charge is 0.494 e. The third kappa shape index (κ3) is 2.38. The molecule has 4 heteroatoms. The van der Waals surface area contributed by atoms with Crippen molar-refractivity contribution in [1.82, 2.24) is 5.32 Å². The molecule has 0 aliphatic rings. The highest BCUT2D eigenvalue weighted by molar-refractivity contribution is 5.78. The molecule has 1 unspecified atom stereocenters. The molecule has 3 rings (SSSR count). The molecule has 0 aliphatic heterocycles. The second kappa shape index (κ2) is 5.58. The quantitative estimate of drug-likeness (QED) is 0.789. The molecule has 21 heavy (non-hydrogen) atoms. The molecule has 1 aromatic heterocycles. The summed E-state index contributed by atoms with van der Waals surface area (Å²) in [5, 5.41) is 4.09. The van der Waals surface area contributed by atoms with Crippen molar-refractivity contribution < 1.29 is 13.5 Å². The molecule has 108 valence electrons. The fourth-order valence-electron chi connectivity index (χ4n) is 2.50. The molecule has 3 aromatic rings. The van der Waals surface area contributed by atoms with Gasteiger partial charge in [-0.15, -0.1) is 0 Å². The minimum atomic E-state index is -0.375. The first kappa shape index (κ1) is 13.6. The van der Waals surface area contributed by atoms with Crippen molar-refractivity contribution in [3.05, 3.63) is 65.7 Å². The lowest BCUT2D eigenvalue weighted by Gasteiger charge is -2.16. The van der Waals surface area contributed by atoms with Crippen LogP contribution in [0.5, 0.6) is 5.75 Å². The third-order valence-corrected chi connectivity index (χ3v) is 3.54. The average molecular weight is 285 g/mol. The van der Waals surface area contributed by atoms with Crippen LogP contribution in [0.1, 0.15) is 17.4 Å². The Morgan fingerprint density at radius 2 is 1.95 bits per heavy atom. The number of rotatable bonds is 4. The van der Waals surface area contributed by atoms with E-state index >= 15 is 0 Å². The second-order valence-corrected chi connectivity index (χ2v) is 4.77. The Morgan fingerprint density at radius 1 is 1.14 bits per heavy atom. The van der Waals surface area contributed by atoms with Gasteiger partial charge < -0.3 is 14.5 Å². The minimum absolute atomic E-state index is 0.226. The molecule has 0 spiro atoms. The van der Waals surface area contributed by atoms with Crippen LogP contribution in [0.4, 0.5) is 4.39 Å². The first-order valence-electron chi connectivity index (χ1n) is 6.72. The van der Waals surface area contributed by atoms with Gasteiger partial charge in [-0.3, -0.25) is 0 Å². The van der Waals surface area contributed by atoms with Gasteiger partial charge in [0.2, 0.25) is 0 Å². The van der Waals surface area contributed by atoms with E-state index in [4.69, 9.17) is 9.15 Å². The number of benzene rings is 2. The maximum absolute atomic E-state index is 14.4. The van der Waals surface area contributed by atoms with E-state index in [-0.39, 0.29) is 17.6 Å². The molecule has 0 saturated carbocycles. The normalized spacial score (nSPS) is 12.5. The summed E-state index contributed by atoms with van der Waals surface area (Å²) < 4.78 is 25.3. The van der Waals surface area contributed by atoms with Crippen LogP contribution < -0.4 is 10.1 Å². The van der Waals surface area contributed by atoms with Crippen LogP contribution in [-0.2, 0) is 0 Å². The SMILES string of the molecule is CNC(c1cc2ccccc2o1)c1cccc(OC)c1F. The topological polar surface area (TPSA) is 34.4 Å². The lowest BCUT2D eigenvalue weighted by Crippen LogP contribution is -2.18. The van der Waals surface area contributed by atoms with Gasteiger partial charge in [-0.05, 0) is 25.2 Å². The van der Waals surface area contributed by atoms with Gasteiger partial charge in [0.05, 0.1) is 13.2 Å². The smallest absolute Gasteiger partial charge is 0.170 e. The van der Waals surface area contributed by atoms with Gasteiger partial charge in [0.1, 0.15) is 11.3 Å². The summed E-state index contributed by atoms with van der Waals surface area (Å²) in [5.41, 5.74) is 1.28. The Bertz CT molecular complexity index is 733. The zero-order chi connectivity index (χ0) is 14.8. The lowest BCUT2D eigenvalue weighted by molar-refractivity contribution is 0.380. The number of halogens is 1. The second-order valence-electron chi connectivity index (χ2n) is 4.77. The number of hydrogen-bond donors (Lipinski definition) is 1. The molecule has 0 saturated heterocycles. The third-order valence-electron chi connectivity index (χ3n) is 3.54. The van der Waals surface area contributed by atoms with E-state index in [9.17, 15) is 4.39 Å². The van der Waals surface area contributed by atoms with Crippen molar-refractivity contribution in [2.24, 2.45) is 0 Å². The van der Waals surface area contributed by atoms with Crippen LogP contribution in [0.2, 0.25) is 0 Å². The molecule has 2 aromatic carbocycles. The molecule has 0 radical (unpaired) electrons. The lowest BCUT2D eigenvalue weighted by atomic mass is 10.0. The Kier molecular flexibility index (Phi) is 3.62. The van der Waals surface area contributed by atoms with E-state index in [2.05, 4.69) is 5.32 Å². The highest BCUT2D eigenvalue weighted by Gasteiger charge is 2.22. The van der Waals surface area contributed by atoms with Crippen molar-refractivity contribution in [1.29, 1.82) is 0 Å². The molecular weight excluding hydrogens is 269 g/mol. The molecular formula is C17H16FNO2. The summed E-state index contributed by atoms with van der Waals surface area (Å²) in [6.07, 6.45) is 0. The first-order chi connectivity index (χ1) is 10.2. The molecule has 1 heterocycles. The van der Waals surface area contributed by atoms with Gasteiger partial charge in [-0.2, -0.15) is 0 Å². The van der Waals surface area contributed by atoms with E-state index in [1.54, 1.807) is 25.2 Å². The number of furan rings is 1. The van der Waals surface area contributed by atoms with E-state index in [1.807, 2.05) is 30.3 Å². The van der Waals surface area contributed by atoms with Gasteiger partial charge >= 0.3 is 0 Å². The predicted molar refractivity (Wildman–Crippen MR) is 80.1 cm³/mol. The van der Waals surface area contributed by atoms with Gasteiger partial charge in [0, 0.05) is 10.9 Å². The van der Waals surface area contributed by atoms with Crippen molar-refractivity contribution in [3.63, 3.8) is 0 Å². The molecule has 0 bridgehead atoms. The van der Waals surface area contributed by atoms with Gasteiger partial charge in [-0.25, -0.2) is 4.39 Å². The molecule has 0 fully saturated rings. The first-order valence-corrected chi connectivity index (χ1v) is 6.72. The highest BCUT2D eigenvalue weighted by atomic mass is 19.1. The number of fused-ring (bicyclic) bond motifs is 1. The van der Waals surface area contributed by atoms with E-state index < -0.39 is 0 Å². The maximum Gasteiger partial charge on any atom is 0.170 e. The van der Waals surface area contributed by atoms with Crippen molar-refractivity contribution >= 4 is 11.0 Å². The summed E-state index contributed by atoms with van der Waals surface area (Å²) in [5.74, 6) is 0.523. The van der Waals surface area contributed by atoms with E-state index in [1.165, 1.54) is 7.11 Å². The molecule has 1 atom stereocenters. The molecule has 3 nitrogen and oxygen atoms in total. The summed E-state index contributed by atoms with van der Waals surface area (Å²) in [4.78, 5) is 0. The zero-order valence-corrected chi connectivity index (χ0v) is 11.9. The van der Waals surface area contributed by atoms with Gasteiger partial charge in [-0.1, -0.05) is 30.3 Å². The zero-order valence-electron chi connectivity index (χ0n) is 11.9. The Hall–Kier alpha value is -2.33. The Balaban J connectivity index is 2.09. The van der Waals surface area contributed by atoms with Gasteiger partial charge in [0.15, 0.2) is 11.6 Å². The predicted octanol–water partition coefficient (Wildman–Crippen LogP) is 3.89. The van der Waals surface area contributed by atoms with E-state index in [0.717, 1.165) is 11.0 Å². The maximum atomic E-state index is 14.4. The Morgan fingerprint density at radius 3 is 2.67 bits per heavy atom. The van der Waals surface area contributed by atoms with Crippen molar-refractivity contribution in [2.75, 3.05) is 14.2 Å². The van der Waals surface area contributed by atoms with Crippen LogP contribution in [0.25, 0.3) is 11.0 Å². The monoisotopic (exact) mass is 285 g/mol. The van der Waals surface area contributed by atoms with Crippen LogP contribution in [0.15, 0.2) is 52.9 Å². The summed E-state index contributed by atoms with van der Waals surface area (Å²) in [6, 6.07) is 14.4. The fourth-order valence-corrected chi connectivity index (χ4v) is 2.50. The number of nitrogens with one attached hydrogen (secondary N) is 1. The Labute approximate surface area is 122 Å². The fraction of sp³-hybridized carbons (Fsp3) is 0.176. The van der Waals surface area contributed by atoms with Crippen LogP contribution in [-0.4, -0.2) is 14.2 Å². The average Bonchev–Trinajstić information content (AvgIpc) is 2.93. The minimum Gasteiger partial charge on any atom is -0.494 e. The van der Waals surface area contributed by atoms with Crippen LogP contribution in [0.3, 0.4) is 0 Å². The summed E-state index contributed by atoms with van der Waals surface area (Å²) in [6.45, 7) is 0. The standard InChI is InChI=1S/C17H16FNO2/c1-19-17(12-7-5-9-14(20-2)16(12)18)15-10-11-6-3-4-8-13(11)21-15/h3-10,17,19H,1-2H3.